The fraction of sp³-hybridized carbons (Fsp3) is 0.875. The minimum atomic E-state index is -3.44. The first-order chi connectivity index (χ1) is 6.97. The van der Waals surface area contributed by atoms with E-state index in [0.29, 0.717) is 19.3 Å². The van der Waals surface area contributed by atoms with Gasteiger partial charge in [0.05, 0.1) is 11.3 Å². The van der Waals surface area contributed by atoms with Crippen LogP contribution in [0.3, 0.4) is 0 Å². The van der Waals surface area contributed by atoms with Crippen LogP contribution in [0.2, 0.25) is 0 Å². The molecular formula is C8H16N2O3S2. The summed E-state index contributed by atoms with van der Waals surface area (Å²) >= 11 is 1.57. The second-order valence-corrected chi connectivity index (χ2v) is 6.55. The van der Waals surface area contributed by atoms with Gasteiger partial charge >= 0.3 is 0 Å². The number of amides is 1. The monoisotopic (exact) mass is 252 g/mol. The Morgan fingerprint density at radius 1 is 1.60 bits per heavy atom. The molecule has 0 heterocycles. The van der Waals surface area contributed by atoms with E-state index < -0.39 is 22.0 Å². The molecule has 1 atom stereocenters. The van der Waals surface area contributed by atoms with Gasteiger partial charge in [-0.1, -0.05) is 0 Å². The normalized spacial score (nSPS) is 18.5. The van der Waals surface area contributed by atoms with Crippen molar-refractivity contribution in [3.63, 3.8) is 0 Å². The van der Waals surface area contributed by atoms with Gasteiger partial charge in [0.15, 0.2) is 0 Å². The molecule has 1 saturated carbocycles. The molecule has 0 aliphatic heterocycles. The third kappa shape index (κ3) is 4.00. The maximum Gasteiger partial charge on any atom is 0.250 e. The zero-order valence-corrected chi connectivity index (χ0v) is 10.2. The van der Waals surface area contributed by atoms with Gasteiger partial charge in [0.2, 0.25) is 15.9 Å². The Balaban J connectivity index is 2.40. The molecule has 15 heavy (non-hydrogen) atoms. The van der Waals surface area contributed by atoms with Crippen LogP contribution in [0.25, 0.3) is 0 Å². The molecule has 3 N–H and O–H groups in total. The lowest BCUT2D eigenvalue weighted by Crippen LogP contribution is -2.44. The lowest BCUT2D eigenvalue weighted by molar-refractivity contribution is -0.120. The van der Waals surface area contributed by atoms with Crippen molar-refractivity contribution in [2.75, 3.05) is 12.0 Å². The molecule has 0 spiro atoms. The molecule has 0 bridgehead atoms. The number of nitrogens with two attached hydrogens (primary N) is 1. The molecule has 1 amide bonds. The van der Waals surface area contributed by atoms with Crippen molar-refractivity contribution in [3.8, 4) is 0 Å². The van der Waals surface area contributed by atoms with Crippen LogP contribution in [0.4, 0.5) is 0 Å². The summed E-state index contributed by atoms with van der Waals surface area (Å²) in [6.45, 7) is 0. The van der Waals surface area contributed by atoms with Crippen molar-refractivity contribution in [1.29, 1.82) is 0 Å². The molecule has 0 unspecified atom stereocenters. The van der Waals surface area contributed by atoms with E-state index in [9.17, 15) is 13.2 Å². The molecule has 7 heteroatoms. The van der Waals surface area contributed by atoms with Crippen molar-refractivity contribution >= 4 is 27.7 Å². The highest BCUT2D eigenvalue weighted by molar-refractivity contribution is 7.98. The number of thioether (sulfide) groups is 1. The van der Waals surface area contributed by atoms with E-state index in [2.05, 4.69) is 0 Å². The molecule has 0 aromatic rings. The molecule has 1 aliphatic carbocycles. The van der Waals surface area contributed by atoms with Crippen LogP contribution in [-0.2, 0) is 14.8 Å². The Kier molecular flexibility index (Phi) is 4.42. The minimum absolute atomic E-state index is 0.380. The van der Waals surface area contributed by atoms with Crippen molar-refractivity contribution in [1.82, 2.24) is 4.72 Å². The van der Waals surface area contributed by atoms with E-state index in [1.54, 1.807) is 11.8 Å². The van der Waals surface area contributed by atoms with Gasteiger partial charge in [0.1, 0.15) is 0 Å². The first-order valence-corrected chi connectivity index (χ1v) is 7.71. The number of carbonyl (C=O) groups excluding carboxylic acids is 1. The third-order valence-corrected chi connectivity index (χ3v) is 4.65. The number of hydrogen-bond acceptors (Lipinski definition) is 5. The lowest BCUT2D eigenvalue weighted by Gasteiger charge is -2.11. The number of nitrogens with one attached hydrogen (secondary N) is 1. The van der Waals surface area contributed by atoms with Gasteiger partial charge < -0.3 is 5.73 Å². The van der Waals surface area contributed by atoms with Crippen LogP contribution in [0.1, 0.15) is 19.3 Å². The third-order valence-electron chi connectivity index (χ3n) is 2.18. The van der Waals surface area contributed by atoms with Gasteiger partial charge in [0, 0.05) is 0 Å². The SMILES string of the molecule is CSCC[C@@H](N)C(=O)NS(=O)(=O)C1CC1. The van der Waals surface area contributed by atoms with Gasteiger partial charge in [-0.2, -0.15) is 11.8 Å². The van der Waals surface area contributed by atoms with Crippen LogP contribution in [0.15, 0.2) is 0 Å². The summed E-state index contributed by atoms with van der Waals surface area (Å²) in [5, 5.41) is -0.380. The Morgan fingerprint density at radius 2 is 2.20 bits per heavy atom. The number of rotatable bonds is 6. The Hall–Kier alpha value is -0.270. The Bertz CT molecular complexity index is 325. The predicted octanol–water partition coefficient (Wildman–Crippen LogP) is -0.325. The summed E-state index contributed by atoms with van der Waals surface area (Å²) < 4.78 is 24.8. The summed E-state index contributed by atoms with van der Waals surface area (Å²) in [7, 11) is -3.44. The fourth-order valence-electron chi connectivity index (χ4n) is 1.05. The minimum Gasteiger partial charge on any atom is -0.320 e. The molecule has 1 aliphatic rings. The summed E-state index contributed by atoms with van der Waals surface area (Å²) in [5.41, 5.74) is 5.54. The standard InChI is InChI=1S/C8H16N2O3S2/c1-14-5-4-7(9)8(11)10-15(12,13)6-2-3-6/h6-7H,2-5,9H2,1H3,(H,10,11)/t7-/m1/s1. The van der Waals surface area contributed by atoms with Gasteiger partial charge in [-0.25, -0.2) is 8.42 Å². The largest absolute Gasteiger partial charge is 0.320 e. The topological polar surface area (TPSA) is 89.3 Å². The molecular weight excluding hydrogens is 236 g/mol. The quantitative estimate of drug-likeness (QED) is 0.676. The van der Waals surface area contributed by atoms with Crippen LogP contribution in [-0.4, -0.2) is 37.6 Å². The van der Waals surface area contributed by atoms with E-state index in [1.807, 2.05) is 11.0 Å². The van der Waals surface area contributed by atoms with Crippen LogP contribution in [0, 0.1) is 0 Å². The highest BCUT2D eigenvalue weighted by Gasteiger charge is 2.37. The predicted molar refractivity (Wildman–Crippen MR) is 61.1 cm³/mol. The van der Waals surface area contributed by atoms with Crippen molar-refractivity contribution in [2.24, 2.45) is 5.73 Å². The number of hydrogen-bond donors (Lipinski definition) is 2. The smallest absolute Gasteiger partial charge is 0.250 e. The molecule has 0 aromatic carbocycles. The second kappa shape index (κ2) is 5.18. The van der Waals surface area contributed by atoms with Gasteiger partial charge in [0.25, 0.3) is 0 Å². The first-order valence-electron chi connectivity index (χ1n) is 4.77. The second-order valence-electron chi connectivity index (χ2n) is 3.60. The summed E-state index contributed by atoms with van der Waals surface area (Å²) in [5.74, 6) is 0.161. The molecule has 1 fully saturated rings. The average molecular weight is 252 g/mol. The van der Waals surface area contributed by atoms with E-state index in [4.69, 9.17) is 5.73 Å². The summed E-state index contributed by atoms with van der Waals surface area (Å²) in [4.78, 5) is 11.4. The molecule has 0 saturated heterocycles. The van der Waals surface area contributed by atoms with E-state index >= 15 is 0 Å². The van der Waals surface area contributed by atoms with Crippen LogP contribution < -0.4 is 10.5 Å². The molecule has 0 aromatic heterocycles. The van der Waals surface area contributed by atoms with E-state index in [-0.39, 0.29) is 5.25 Å². The lowest BCUT2D eigenvalue weighted by atomic mass is 10.2. The first kappa shape index (κ1) is 12.8. The summed E-state index contributed by atoms with van der Waals surface area (Å²) in [6, 6.07) is -0.731. The zero-order valence-electron chi connectivity index (χ0n) is 8.60. The van der Waals surface area contributed by atoms with Crippen LogP contribution in [0.5, 0.6) is 0 Å². The Morgan fingerprint density at radius 3 is 2.67 bits per heavy atom. The van der Waals surface area contributed by atoms with Crippen molar-refractivity contribution in [3.05, 3.63) is 0 Å². The molecule has 88 valence electrons. The molecule has 0 radical (unpaired) electrons. The molecule has 5 nitrogen and oxygen atoms in total. The molecule has 1 rings (SSSR count). The van der Waals surface area contributed by atoms with Gasteiger partial charge in [-0.15, -0.1) is 0 Å². The van der Waals surface area contributed by atoms with E-state index in [1.165, 1.54) is 0 Å². The number of carbonyl (C=O) groups is 1. The highest BCUT2D eigenvalue weighted by Crippen LogP contribution is 2.27. The van der Waals surface area contributed by atoms with Crippen molar-refractivity contribution in [2.45, 2.75) is 30.6 Å². The summed E-state index contributed by atoms with van der Waals surface area (Å²) in [6.07, 6.45) is 3.68. The number of sulfonamides is 1. The van der Waals surface area contributed by atoms with E-state index in [0.717, 1.165) is 5.75 Å². The maximum atomic E-state index is 11.4. The van der Waals surface area contributed by atoms with Gasteiger partial charge in [-0.05, 0) is 31.3 Å². The maximum absolute atomic E-state index is 11.4. The van der Waals surface area contributed by atoms with Crippen molar-refractivity contribution < 1.29 is 13.2 Å². The van der Waals surface area contributed by atoms with Crippen LogP contribution >= 0.6 is 11.8 Å². The van der Waals surface area contributed by atoms with Gasteiger partial charge in [-0.3, -0.25) is 9.52 Å². The zero-order chi connectivity index (χ0) is 11.5. The average Bonchev–Trinajstić information content (AvgIpc) is 2.96. The fourth-order valence-corrected chi connectivity index (χ4v) is 2.90. The highest BCUT2D eigenvalue weighted by atomic mass is 32.2. The Labute approximate surface area is 94.2 Å².